The summed E-state index contributed by atoms with van der Waals surface area (Å²) in [4.78, 5) is 12.4. The third-order valence-corrected chi connectivity index (χ3v) is 4.44. The van der Waals surface area contributed by atoms with Crippen LogP contribution in [-0.2, 0) is 12.8 Å². The van der Waals surface area contributed by atoms with Crippen molar-refractivity contribution in [3.05, 3.63) is 65.2 Å². The van der Waals surface area contributed by atoms with Gasteiger partial charge in [0.25, 0.3) is 5.91 Å². The Morgan fingerprint density at radius 2 is 1.77 bits per heavy atom. The third kappa shape index (κ3) is 5.00. The van der Waals surface area contributed by atoms with Gasteiger partial charge in [0.05, 0.1) is 0 Å². The van der Waals surface area contributed by atoms with Crippen molar-refractivity contribution >= 4 is 5.91 Å². The smallest absolute Gasteiger partial charge is 0.422 e. The lowest BCUT2D eigenvalue weighted by molar-refractivity contribution is -0.153. The first-order valence-electron chi connectivity index (χ1n) is 8.58. The molecular formula is C20H20F3NO2. The fourth-order valence-electron chi connectivity index (χ4n) is 3.17. The first-order valence-corrected chi connectivity index (χ1v) is 8.58. The number of hydrogen-bond acceptors (Lipinski definition) is 2. The van der Waals surface area contributed by atoms with Gasteiger partial charge < -0.3 is 10.1 Å². The normalized spacial score (nSPS) is 17.1. The van der Waals surface area contributed by atoms with Gasteiger partial charge in [-0.05, 0) is 61.1 Å². The topological polar surface area (TPSA) is 38.3 Å². The van der Waals surface area contributed by atoms with Crippen molar-refractivity contribution in [3.63, 3.8) is 0 Å². The molecule has 0 spiro atoms. The summed E-state index contributed by atoms with van der Waals surface area (Å²) in [6.45, 7) is -1.35. The maximum Gasteiger partial charge on any atom is 0.422 e. The van der Waals surface area contributed by atoms with E-state index in [1.807, 2.05) is 12.1 Å². The average Bonchev–Trinajstić information content (AvgIpc) is 2.81. The molecule has 0 saturated heterocycles. The van der Waals surface area contributed by atoms with Crippen LogP contribution in [0.5, 0.6) is 5.75 Å². The second kappa shape index (κ2) is 7.81. The van der Waals surface area contributed by atoms with Crippen LogP contribution in [0, 0.1) is 0 Å². The molecule has 2 aromatic rings. The number of nitrogens with one attached hydrogen (secondary N) is 1. The van der Waals surface area contributed by atoms with E-state index in [-0.39, 0.29) is 17.7 Å². The molecule has 1 atom stereocenters. The highest BCUT2D eigenvalue weighted by Crippen LogP contribution is 2.22. The highest BCUT2D eigenvalue weighted by molar-refractivity contribution is 5.94. The molecule has 1 N–H and O–H groups in total. The Bertz CT molecular complexity index is 756. The van der Waals surface area contributed by atoms with Gasteiger partial charge in [-0.15, -0.1) is 0 Å². The van der Waals surface area contributed by atoms with Gasteiger partial charge in [-0.1, -0.05) is 24.3 Å². The molecule has 2 aromatic carbocycles. The first kappa shape index (κ1) is 18.3. The minimum Gasteiger partial charge on any atom is -0.484 e. The Morgan fingerprint density at radius 3 is 2.46 bits per heavy atom. The second-order valence-electron chi connectivity index (χ2n) is 6.46. The van der Waals surface area contributed by atoms with E-state index in [1.165, 1.54) is 35.4 Å². The molecule has 1 unspecified atom stereocenters. The molecule has 0 heterocycles. The van der Waals surface area contributed by atoms with Crippen LogP contribution in [-0.4, -0.2) is 24.7 Å². The maximum absolute atomic E-state index is 12.4. The van der Waals surface area contributed by atoms with Crippen molar-refractivity contribution in [1.82, 2.24) is 5.32 Å². The molecule has 0 aliphatic heterocycles. The molecule has 3 nitrogen and oxygen atoms in total. The third-order valence-electron chi connectivity index (χ3n) is 4.44. The predicted octanol–water partition coefficient (Wildman–Crippen LogP) is 4.31. The van der Waals surface area contributed by atoms with Crippen molar-refractivity contribution in [3.8, 4) is 5.75 Å². The van der Waals surface area contributed by atoms with Crippen LogP contribution < -0.4 is 10.1 Å². The Morgan fingerprint density at radius 1 is 1.08 bits per heavy atom. The van der Waals surface area contributed by atoms with Crippen LogP contribution >= 0.6 is 0 Å². The summed E-state index contributed by atoms with van der Waals surface area (Å²) in [6.07, 6.45) is -0.687. The molecule has 0 aromatic heterocycles. The number of rotatable bonds is 4. The number of amides is 1. The van der Waals surface area contributed by atoms with Crippen LogP contribution in [0.4, 0.5) is 13.2 Å². The standard InChI is InChI=1S/C20H20F3NO2/c21-20(22,23)13-26-18-10-8-15(9-11-18)19(25)24-17-7-3-6-14-4-1-2-5-16(14)12-17/h1-2,4-5,8-11,17H,3,6-7,12-13H2,(H,24,25). The summed E-state index contributed by atoms with van der Waals surface area (Å²) in [6, 6.07) is 14.0. The van der Waals surface area contributed by atoms with E-state index in [1.54, 1.807) is 0 Å². The molecule has 0 bridgehead atoms. The number of benzene rings is 2. The van der Waals surface area contributed by atoms with E-state index in [4.69, 9.17) is 0 Å². The second-order valence-corrected chi connectivity index (χ2v) is 6.46. The summed E-state index contributed by atoms with van der Waals surface area (Å²) in [5.74, 6) is -0.140. The highest BCUT2D eigenvalue weighted by atomic mass is 19.4. The largest absolute Gasteiger partial charge is 0.484 e. The van der Waals surface area contributed by atoms with Crippen LogP contribution in [0.2, 0.25) is 0 Å². The molecule has 0 radical (unpaired) electrons. The monoisotopic (exact) mass is 363 g/mol. The molecule has 138 valence electrons. The zero-order chi connectivity index (χ0) is 18.6. The number of hydrogen-bond donors (Lipinski definition) is 1. The Labute approximate surface area is 150 Å². The predicted molar refractivity (Wildman–Crippen MR) is 92.3 cm³/mol. The molecule has 26 heavy (non-hydrogen) atoms. The zero-order valence-electron chi connectivity index (χ0n) is 14.2. The average molecular weight is 363 g/mol. The number of carbonyl (C=O) groups is 1. The molecule has 0 saturated carbocycles. The molecule has 1 amide bonds. The van der Waals surface area contributed by atoms with Crippen molar-refractivity contribution in [2.24, 2.45) is 0 Å². The first-order chi connectivity index (χ1) is 12.4. The number of halogens is 3. The highest BCUT2D eigenvalue weighted by Gasteiger charge is 2.28. The van der Waals surface area contributed by atoms with Crippen molar-refractivity contribution in [1.29, 1.82) is 0 Å². The van der Waals surface area contributed by atoms with E-state index < -0.39 is 12.8 Å². The minimum atomic E-state index is -4.38. The van der Waals surface area contributed by atoms with Crippen LogP contribution in [0.15, 0.2) is 48.5 Å². The minimum absolute atomic E-state index is 0.0484. The van der Waals surface area contributed by atoms with Crippen LogP contribution in [0.1, 0.15) is 34.3 Å². The summed E-state index contributed by atoms with van der Waals surface area (Å²) < 4.78 is 41.1. The fourth-order valence-corrected chi connectivity index (χ4v) is 3.17. The van der Waals surface area contributed by atoms with E-state index in [9.17, 15) is 18.0 Å². The summed E-state index contributed by atoms with van der Waals surface area (Å²) >= 11 is 0. The van der Waals surface area contributed by atoms with Gasteiger partial charge in [0.15, 0.2) is 6.61 Å². The summed E-state index contributed by atoms with van der Waals surface area (Å²) in [5.41, 5.74) is 2.99. The Kier molecular flexibility index (Phi) is 5.49. The molecule has 1 aliphatic rings. The van der Waals surface area contributed by atoms with Gasteiger partial charge in [0, 0.05) is 11.6 Å². The lowest BCUT2D eigenvalue weighted by Crippen LogP contribution is -2.36. The van der Waals surface area contributed by atoms with E-state index in [0.717, 1.165) is 25.7 Å². The molecule has 0 fully saturated rings. The van der Waals surface area contributed by atoms with Gasteiger partial charge >= 0.3 is 6.18 Å². The van der Waals surface area contributed by atoms with Gasteiger partial charge in [0.1, 0.15) is 5.75 Å². The molecule has 3 rings (SSSR count). The Hall–Kier alpha value is -2.50. The lowest BCUT2D eigenvalue weighted by atomic mass is 10.0. The molecule has 1 aliphatic carbocycles. The van der Waals surface area contributed by atoms with Crippen LogP contribution in [0.3, 0.4) is 0 Å². The number of carbonyl (C=O) groups excluding carboxylic acids is 1. The van der Waals surface area contributed by atoms with Crippen molar-refractivity contribution in [2.75, 3.05) is 6.61 Å². The molecular weight excluding hydrogens is 343 g/mol. The Balaban J connectivity index is 1.59. The van der Waals surface area contributed by atoms with E-state index in [0.29, 0.717) is 5.56 Å². The summed E-state index contributed by atoms with van der Waals surface area (Å²) in [5, 5.41) is 3.03. The fraction of sp³-hybridized carbons (Fsp3) is 0.350. The van der Waals surface area contributed by atoms with E-state index >= 15 is 0 Å². The SMILES string of the molecule is O=C(NC1CCCc2ccccc2C1)c1ccc(OCC(F)(F)F)cc1. The van der Waals surface area contributed by atoms with Crippen LogP contribution in [0.25, 0.3) is 0 Å². The number of fused-ring (bicyclic) bond motifs is 1. The van der Waals surface area contributed by atoms with Crippen molar-refractivity contribution in [2.45, 2.75) is 37.9 Å². The maximum atomic E-state index is 12.4. The van der Waals surface area contributed by atoms with Gasteiger partial charge in [0.2, 0.25) is 0 Å². The number of aryl methyl sites for hydroxylation is 1. The number of alkyl halides is 3. The molecule has 6 heteroatoms. The van der Waals surface area contributed by atoms with Gasteiger partial charge in [-0.3, -0.25) is 4.79 Å². The quantitative estimate of drug-likeness (QED) is 0.823. The zero-order valence-corrected chi connectivity index (χ0v) is 14.2. The van der Waals surface area contributed by atoms with Gasteiger partial charge in [-0.25, -0.2) is 0 Å². The summed E-state index contributed by atoms with van der Waals surface area (Å²) in [7, 11) is 0. The number of ether oxygens (including phenoxy) is 1. The van der Waals surface area contributed by atoms with Crippen molar-refractivity contribution < 1.29 is 22.7 Å². The lowest BCUT2D eigenvalue weighted by Gasteiger charge is -2.17. The van der Waals surface area contributed by atoms with E-state index in [2.05, 4.69) is 22.2 Å². The van der Waals surface area contributed by atoms with Gasteiger partial charge in [-0.2, -0.15) is 13.2 Å².